The van der Waals surface area contributed by atoms with Gasteiger partial charge < -0.3 is 24.2 Å². The van der Waals surface area contributed by atoms with Crippen molar-refractivity contribution in [1.82, 2.24) is 9.88 Å². The highest BCUT2D eigenvalue weighted by molar-refractivity contribution is 6.29. The second-order valence-electron chi connectivity index (χ2n) is 6.75. The summed E-state index contributed by atoms with van der Waals surface area (Å²) >= 11 is 0. The first-order valence-electron chi connectivity index (χ1n) is 8.86. The molecule has 1 heterocycles. The van der Waals surface area contributed by atoms with Gasteiger partial charge in [0.15, 0.2) is 11.5 Å². The predicted octanol–water partition coefficient (Wildman–Crippen LogP) is 3.50. The van der Waals surface area contributed by atoms with Gasteiger partial charge in [-0.15, -0.1) is 0 Å². The Balaban J connectivity index is 1.87. The maximum atomic E-state index is 5.65. The average molecular weight is 365 g/mol. The number of H-pyrrole nitrogens is 1. The van der Waals surface area contributed by atoms with Crippen LogP contribution in [0.25, 0.3) is 22.2 Å². The highest BCUT2D eigenvalue weighted by Gasteiger charge is 2.31. The molecule has 0 spiro atoms. The molecule has 4 rings (SSSR count). The first-order chi connectivity index (χ1) is 13.1. The molecule has 0 saturated heterocycles. The summed E-state index contributed by atoms with van der Waals surface area (Å²) in [7, 11) is 7.30. The minimum absolute atomic E-state index is 0.525. The van der Waals surface area contributed by atoms with E-state index in [9.17, 15) is 0 Å². The van der Waals surface area contributed by atoms with Crippen molar-refractivity contribution in [3.8, 4) is 22.8 Å². The Kier molecular flexibility index (Phi) is 4.49. The Bertz CT molecular complexity index is 1020. The highest BCUT2D eigenvalue weighted by atomic mass is 16.6. The molecule has 0 atom stereocenters. The van der Waals surface area contributed by atoms with Gasteiger partial charge in [-0.1, -0.05) is 23.4 Å². The number of likely N-dealkylation sites (N-methyl/N-ethyl adjacent to an activating group) is 1. The van der Waals surface area contributed by atoms with Crippen LogP contribution in [0.5, 0.6) is 11.5 Å². The van der Waals surface area contributed by atoms with E-state index in [0.717, 1.165) is 45.5 Å². The van der Waals surface area contributed by atoms with Gasteiger partial charge in [-0.2, -0.15) is 0 Å². The van der Waals surface area contributed by atoms with Gasteiger partial charge in [0.25, 0.3) is 0 Å². The molecule has 1 N–H and O–H groups in total. The standard InChI is InChI=1S/C21H23N3O3/c1-24(2)9-10-27-23-21-15-12-18(26-4)17(25-3)11-14(15)20-19(21)13-7-5-6-8-16(13)22-20/h5-8,11-12,22H,9-10H2,1-4H3. The number of methoxy groups -OCH3 is 2. The molecule has 3 aromatic rings. The summed E-state index contributed by atoms with van der Waals surface area (Å²) in [5, 5.41) is 5.63. The molecular weight excluding hydrogens is 342 g/mol. The molecule has 0 bridgehead atoms. The topological polar surface area (TPSA) is 59.1 Å². The van der Waals surface area contributed by atoms with Crippen molar-refractivity contribution < 1.29 is 14.3 Å². The lowest BCUT2D eigenvalue weighted by Gasteiger charge is -2.11. The SMILES string of the molecule is COc1cc2c(cc1OC)-c1[nH]c3ccccc3c1C2=NOCCN(C)C. The fourth-order valence-electron chi connectivity index (χ4n) is 3.43. The molecule has 140 valence electrons. The Labute approximate surface area is 158 Å². The van der Waals surface area contributed by atoms with Crippen LogP contribution in [-0.4, -0.2) is 57.1 Å². The number of nitrogens with zero attached hydrogens (tertiary/aromatic N) is 2. The number of benzene rings is 2. The van der Waals surface area contributed by atoms with E-state index in [-0.39, 0.29) is 0 Å². The Morgan fingerprint density at radius 2 is 1.70 bits per heavy atom. The van der Waals surface area contributed by atoms with Crippen LogP contribution < -0.4 is 9.47 Å². The molecule has 6 heteroatoms. The Morgan fingerprint density at radius 1 is 1.00 bits per heavy atom. The average Bonchev–Trinajstić information content (AvgIpc) is 3.19. The molecular formula is C21H23N3O3. The predicted molar refractivity (Wildman–Crippen MR) is 107 cm³/mol. The number of rotatable bonds is 6. The molecule has 6 nitrogen and oxygen atoms in total. The smallest absolute Gasteiger partial charge is 0.161 e. The van der Waals surface area contributed by atoms with E-state index in [1.54, 1.807) is 14.2 Å². The van der Waals surface area contributed by atoms with Gasteiger partial charge in [-0.05, 0) is 32.3 Å². The lowest BCUT2D eigenvalue weighted by Crippen LogP contribution is -2.17. The lowest BCUT2D eigenvalue weighted by molar-refractivity contribution is 0.126. The van der Waals surface area contributed by atoms with E-state index in [2.05, 4.69) is 27.2 Å². The van der Waals surface area contributed by atoms with Gasteiger partial charge in [0.05, 0.1) is 19.9 Å². The molecule has 0 fully saturated rings. The van der Waals surface area contributed by atoms with Gasteiger partial charge in [-0.3, -0.25) is 0 Å². The number of hydrogen-bond donors (Lipinski definition) is 1. The molecule has 27 heavy (non-hydrogen) atoms. The number of para-hydroxylation sites is 1. The molecule has 0 amide bonds. The van der Waals surface area contributed by atoms with Gasteiger partial charge in [0.2, 0.25) is 0 Å². The van der Waals surface area contributed by atoms with Gasteiger partial charge in [0.1, 0.15) is 12.3 Å². The zero-order valence-electron chi connectivity index (χ0n) is 16.0. The van der Waals surface area contributed by atoms with Crippen molar-refractivity contribution in [2.45, 2.75) is 0 Å². The first-order valence-corrected chi connectivity index (χ1v) is 8.86. The summed E-state index contributed by atoms with van der Waals surface area (Å²) in [6.07, 6.45) is 0. The molecule has 0 radical (unpaired) electrons. The number of ether oxygens (including phenoxy) is 2. The Hall–Kier alpha value is -2.99. The van der Waals surface area contributed by atoms with Crippen LogP contribution in [0.4, 0.5) is 0 Å². The number of oxime groups is 1. The Morgan fingerprint density at radius 3 is 2.41 bits per heavy atom. The number of aromatic nitrogens is 1. The van der Waals surface area contributed by atoms with E-state index in [0.29, 0.717) is 18.1 Å². The van der Waals surface area contributed by atoms with Crippen LogP contribution in [0.3, 0.4) is 0 Å². The third-order valence-electron chi connectivity index (χ3n) is 4.78. The molecule has 2 aromatic carbocycles. The van der Waals surface area contributed by atoms with Crippen LogP contribution in [0.2, 0.25) is 0 Å². The maximum absolute atomic E-state index is 5.65. The summed E-state index contributed by atoms with van der Waals surface area (Å²) in [6, 6.07) is 12.2. The molecule has 1 aliphatic rings. The number of aromatic amines is 1. The lowest BCUT2D eigenvalue weighted by atomic mass is 10.1. The monoisotopic (exact) mass is 365 g/mol. The van der Waals surface area contributed by atoms with E-state index >= 15 is 0 Å². The molecule has 1 aromatic heterocycles. The molecule has 0 aliphatic heterocycles. The quantitative estimate of drug-likeness (QED) is 0.420. The van der Waals surface area contributed by atoms with Crippen molar-refractivity contribution in [3.63, 3.8) is 0 Å². The summed E-state index contributed by atoms with van der Waals surface area (Å²) in [5.41, 5.74) is 5.99. The zero-order chi connectivity index (χ0) is 19.0. The summed E-state index contributed by atoms with van der Waals surface area (Å²) < 4.78 is 11.0. The summed E-state index contributed by atoms with van der Waals surface area (Å²) in [4.78, 5) is 11.2. The maximum Gasteiger partial charge on any atom is 0.161 e. The summed E-state index contributed by atoms with van der Waals surface area (Å²) in [6.45, 7) is 1.33. The minimum Gasteiger partial charge on any atom is -0.493 e. The van der Waals surface area contributed by atoms with Crippen molar-refractivity contribution in [2.75, 3.05) is 41.5 Å². The third kappa shape index (κ3) is 2.92. The van der Waals surface area contributed by atoms with Gasteiger partial charge >= 0.3 is 0 Å². The second kappa shape index (κ2) is 6.96. The summed E-state index contributed by atoms with van der Waals surface area (Å²) in [5.74, 6) is 1.36. The number of nitrogens with one attached hydrogen (secondary N) is 1. The fourth-order valence-corrected chi connectivity index (χ4v) is 3.43. The number of fused-ring (bicyclic) bond motifs is 5. The number of hydrogen-bond acceptors (Lipinski definition) is 5. The third-order valence-corrected chi connectivity index (χ3v) is 4.78. The van der Waals surface area contributed by atoms with Crippen LogP contribution in [0.15, 0.2) is 41.6 Å². The normalized spacial score (nSPS) is 13.9. The molecule has 0 unspecified atom stereocenters. The largest absolute Gasteiger partial charge is 0.493 e. The van der Waals surface area contributed by atoms with Crippen molar-refractivity contribution in [1.29, 1.82) is 0 Å². The molecule has 0 saturated carbocycles. The van der Waals surface area contributed by atoms with Gasteiger partial charge in [-0.25, -0.2) is 0 Å². The second-order valence-corrected chi connectivity index (χ2v) is 6.75. The fraction of sp³-hybridized carbons (Fsp3) is 0.286. The van der Waals surface area contributed by atoms with Crippen LogP contribution in [0.1, 0.15) is 11.1 Å². The van der Waals surface area contributed by atoms with E-state index in [1.807, 2.05) is 38.4 Å². The van der Waals surface area contributed by atoms with Gasteiger partial charge in [0, 0.05) is 34.1 Å². The minimum atomic E-state index is 0.525. The van der Waals surface area contributed by atoms with Crippen molar-refractivity contribution >= 4 is 16.6 Å². The zero-order valence-corrected chi connectivity index (χ0v) is 16.0. The van der Waals surface area contributed by atoms with Crippen LogP contribution >= 0.6 is 0 Å². The van der Waals surface area contributed by atoms with Crippen molar-refractivity contribution in [2.24, 2.45) is 5.16 Å². The highest BCUT2D eigenvalue weighted by Crippen LogP contribution is 2.45. The van der Waals surface area contributed by atoms with Crippen molar-refractivity contribution in [3.05, 3.63) is 47.5 Å². The van der Waals surface area contributed by atoms with E-state index < -0.39 is 0 Å². The van der Waals surface area contributed by atoms with Crippen LogP contribution in [0, 0.1) is 0 Å². The molecule has 1 aliphatic carbocycles. The van der Waals surface area contributed by atoms with E-state index in [4.69, 9.17) is 14.3 Å². The first kappa shape index (κ1) is 17.4. The van der Waals surface area contributed by atoms with Crippen LogP contribution in [-0.2, 0) is 4.84 Å². The van der Waals surface area contributed by atoms with E-state index in [1.165, 1.54) is 0 Å².